The average Bonchev–Trinajstić information content (AvgIpc) is 2.75. The minimum Gasteiger partial charge on any atom is -0.488 e. The van der Waals surface area contributed by atoms with Gasteiger partial charge in [0.05, 0.1) is 5.56 Å². The van der Waals surface area contributed by atoms with Gasteiger partial charge in [-0.3, -0.25) is 4.79 Å². The standard InChI is InChI=1S/C30H36O2/c1-29(2,3)26-17-24(18-27(19-26)30(4,5)6)13-12-22-14-15-28(25(16-22)20-31)32-21-23-10-8-7-9-11-23/h7-18,20,26H,19,21H2,1-6H3. The Morgan fingerprint density at radius 1 is 0.969 bits per heavy atom. The summed E-state index contributed by atoms with van der Waals surface area (Å²) in [6.45, 7) is 14.2. The van der Waals surface area contributed by atoms with Crippen molar-refractivity contribution in [3.8, 4) is 5.75 Å². The predicted molar refractivity (Wildman–Crippen MR) is 135 cm³/mol. The number of carbonyl (C=O) groups is 1. The Balaban J connectivity index is 1.80. The van der Waals surface area contributed by atoms with E-state index in [9.17, 15) is 4.79 Å². The number of carbonyl (C=O) groups excluding carboxylic acids is 1. The number of benzene rings is 2. The molecule has 0 saturated heterocycles. The minimum atomic E-state index is 0.152. The van der Waals surface area contributed by atoms with Crippen molar-refractivity contribution in [2.75, 3.05) is 0 Å². The fourth-order valence-corrected chi connectivity index (χ4v) is 3.84. The van der Waals surface area contributed by atoms with Crippen molar-refractivity contribution in [3.05, 3.63) is 94.6 Å². The van der Waals surface area contributed by atoms with Gasteiger partial charge in [0, 0.05) is 0 Å². The first-order valence-electron chi connectivity index (χ1n) is 11.4. The van der Waals surface area contributed by atoms with E-state index in [0.29, 0.717) is 23.8 Å². The fourth-order valence-electron chi connectivity index (χ4n) is 3.84. The molecule has 0 bridgehead atoms. The molecule has 2 aromatic carbocycles. The summed E-state index contributed by atoms with van der Waals surface area (Å²) in [5.41, 5.74) is 5.72. The third kappa shape index (κ3) is 6.32. The molecule has 2 aromatic rings. The van der Waals surface area contributed by atoms with Crippen LogP contribution in [-0.4, -0.2) is 6.29 Å². The van der Waals surface area contributed by atoms with E-state index in [1.807, 2.05) is 48.5 Å². The highest BCUT2D eigenvalue weighted by Crippen LogP contribution is 2.42. The van der Waals surface area contributed by atoms with Gasteiger partial charge in [-0.15, -0.1) is 0 Å². The van der Waals surface area contributed by atoms with E-state index < -0.39 is 0 Å². The maximum Gasteiger partial charge on any atom is 0.153 e. The van der Waals surface area contributed by atoms with E-state index in [1.165, 1.54) is 11.1 Å². The molecule has 0 heterocycles. The van der Waals surface area contributed by atoms with E-state index in [-0.39, 0.29) is 10.8 Å². The van der Waals surface area contributed by atoms with Crippen molar-refractivity contribution >= 4 is 12.4 Å². The van der Waals surface area contributed by atoms with Crippen LogP contribution in [0.1, 0.15) is 69.4 Å². The van der Waals surface area contributed by atoms with E-state index in [0.717, 1.165) is 23.8 Å². The van der Waals surface area contributed by atoms with Crippen LogP contribution in [0.25, 0.3) is 6.08 Å². The highest BCUT2D eigenvalue weighted by molar-refractivity contribution is 5.81. The lowest BCUT2D eigenvalue weighted by molar-refractivity contribution is 0.111. The van der Waals surface area contributed by atoms with E-state index in [2.05, 4.69) is 65.8 Å². The van der Waals surface area contributed by atoms with Gasteiger partial charge in [-0.2, -0.15) is 0 Å². The van der Waals surface area contributed by atoms with Crippen molar-refractivity contribution in [2.24, 2.45) is 16.7 Å². The SMILES string of the molecule is CC(C)(C)C1=CC(C=Cc2ccc(OCc3ccccc3)c(C=O)c2)=CC(C(C)(C)C)C1. The molecular formula is C30H36O2. The van der Waals surface area contributed by atoms with Crippen LogP contribution in [0.15, 0.2) is 77.9 Å². The zero-order chi connectivity index (χ0) is 23.4. The Morgan fingerprint density at radius 2 is 1.69 bits per heavy atom. The predicted octanol–water partition coefficient (Wildman–Crippen LogP) is 8.06. The smallest absolute Gasteiger partial charge is 0.153 e. The summed E-state index contributed by atoms with van der Waals surface area (Å²) < 4.78 is 5.89. The van der Waals surface area contributed by atoms with Crippen LogP contribution in [-0.2, 0) is 6.61 Å². The summed E-state index contributed by atoms with van der Waals surface area (Å²) in [4.78, 5) is 11.7. The van der Waals surface area contributed by atoms with Crippen LogP contribution in [0.5, 0.6) is 5.75 Å². The minimum absolute atomic E-state index is 0.152. The summed E-state index contributed by atoms with van der Waals surface area (Å²) in [6.07, 6.45) is 10.9. The van der Waals surface area contributed by atoms with Crippen molar-refractivity contribution in [1.82, 2.24) is 0 Å². The molecule has 0 spiro atoms. The van der Waals surface area contributed by atoms with Gasteiger partial charge in [-0.05, 0) is 52.0 Å². The maximum atomic E-state index is 11.7. The maximum absolute atomic E-state index is 11.7. The number of rotatable bonds is 6. The molecule has 0 aliphatic heterocycles. The summed E-state index contributed by atoms with van der Waals surface area (Å²) in [5, 5.41) is 0. The molecule has 1 aliphatic carbocycles. The highest BCUT2D eigenvalue weighted by Gasteiger charge is 2.30. The van der Waals surface area contributed by atoms with Crippen LogP contribution in [0.2, 0.25) is 0 Å². The molecule has 168 valence electrons. The van der Waals surface area contributed by atoms with Gasteiger partial charge in [-0.25, -0.2) is 0 Å². The number of allylic oxidation sites excluding steroid dienone is 5. The lowest BCUT2D eigenvalue weighted by atomic mass is 9.69. The van der Waals surface area contributed by atoms with Gasteiger partial charge >= 0.3 is 0 Å². The van der Waals surface area contributed by atoms with Gasteiger partial charge in [0.15, 0.2) is 6.29 Å². The molecule has 1 unspecified atom stereocenters. The first-order valence-corrected chi connectivity index (χ1v) is 11.4. The molecule has 3 rings (SSSR count). The zero-order valence-electron chi connectivity index (χ0n) is 20.3. The first kappa shape index (κ1) is 23.8. The number of hydrogen-bond acceptors (Lipinski definition) is 2. The normalized spacial score (nSPS) is 17.1. The Hall–Kier alpha value is -2.87. The van der Waals surface area contributed by atoms with Crippen LogP contribution in [0.4, 0.5) is 0 Å². The van der Waals surface area contributed by atoms with Crippen molar-refractivity contribution in [3.63, 3.8) is 0 Å². The van der Waals surface area contributed by atoms with Crippen molar-refractivity contribution < 1.29 is 9.53 Å². The third-order valence-corrected chi connectivity index (χ3v) is 6.12. The average molecular weight is 429 g/mol. The number of hydrogen-bond donors (Lipinski definition) is 0. The second-order valence-corrected chi connectivity index (χ2v) is 10.8. The lowest BCUT2D eigenvalue weighted by Gasteiger charge is -2.36. The van der Waals surface area contributed by atoms with Gasteiger partial charge in [0.2, 0.25) is 0 Å². The fraction of sp³-hybridized carbons (Fsp3) is 0.367. The van der Waals surface area contributed by atoms with E-state index in [1.54, 1.807) is 0 Å². The topological polar surface area (TPSA) is 26.3 Å². The second-order valence-electron chi connectivity index (χ2n) is 10.8. The monoisotopic (exact) mass is 428 g/mol. The Bertz CT molecular complexity index is 1020. The summed E-state index contributed by atoms with van der Waals surface area (Å²) >= 11 is 0. The van der Waals surface area contributed by atoms with Gasteiger partial charge < -0.3 is 4.74 Å². The quantitative estimate of drug-likeness (QED) is 0.435. The first-order chi connectivity index (χ1) is 15.1. The van der Waals surface area contributed by atoms with Crippen LogP contribution < -0.4 is 4.74 Å². The van der Waals surface area contributed by atoms with Gasteiger partial charge in [-0.1, -0.05) is 108 Å². The Kier molecular flexibility index (Phi) is 7.23. The zero-order valence-corrected chi connectivity index (χ0v) is 20.3. The van der Waals surface area contributed by atoms with Crippen LogP contribution >= 0.6 is 0 Å². The van der Waals surface area contributed by atoms with Crippen molar-refractivity contribution in [2.45, 2.75) is 54.6 Å². The van der Waals surface area contributed by atoms with Crippen LogP contribution in [0, 0.1) is 16.7 Å². The summed E-state index contributed by atoms with van der Waals surface area (Å²) in [6, 6.07) is 15.8. The molecule has 1 atom stereocenters. The van der Waals surface area contributed by atoms with E-state index >= 15 is 0 Å². The molecule has 0 fully saturated rings. The molecule has 1 aliphatic rings. The summed E-state index contributed by atoms with van der Waals surface area (Å²) in [5.74, 6) is 1.11. The number of aldehydes is 1. The molecule has 2 heteroatoms. The summed E-state index contributed by atoms with van der Waals surface area (Å²) in [7, 11) is 0. The second kappa shape index (κ2) is 9.73. The molecule has 0 saturated carbocycles. The Labute approximate surface area is 193 Å². The van der Waals surface area contributed by atoms with Gasteiger partial charge in [0.1, 0.15) is 12.4 Å². The molecule has 2 nitrogen and oxygen atoms in total. The highest BCUT2D eigenvalue weighted by atomic mass is 16.5. The Morgan fingerprint density at radius 3 is 2.31 bits per heavy atom. The van der Waals surface area contributed by atoms with Gasteiger partial charge in [0.25, 0.3) is 0 Å². The molecular weight excluding hydrogens is 392 g/mol. The van der Waals surface area contributed by atoms with Crippen molar-refractivity contribution in [1.29, 1.82) is 0 Å². The molecule has 0 radical (unpaired) electrons. The van der Waals surface area contributed by atoms with E-state index in [4.69, 9.17) is 4.74 Å². The molecule has 32 heavy (non-hydrogen) atoms. The van der Waals surface area contributed by atoms with Crippen LogP contribution in [0.3, 0.4) is 0 Å². The molecule has 0 N–H and O–H groups in total. The molecule has 0 aromatic heterocycles. The third-order valence-electron chi connectivity index (χ3n) is 6.12. The largest absolute Gasteiger partial charge is 0.488 e. The molecule has 0 amide bonds. The number of ether oxygens (including phenoxy) is 1. The lowest BCUT2D eigenvalue weighted by Crippen LogP contribution is -2.24.